The second-order valence-electron chi connectivity index (χ2n) is 7.06. The second-order valence-corrected chi connectivity index (χ2v) is 7.06. The summed E-state index contributed by atoms with van der Waals surface area (Å²) >= 11 is 0. The number of halogens is 2. The fourth-order valence-corrected chi connectivity index (χ4v) is 3.49. The number of aromatic nitrogens is 1. The Hall–Kier alpha value is -3.62. The van der Waals surface area contributed by atoms with E-state index in [-0.39, 0.29) is 19.1 Å². The highest BCUT2D eigenvalue weighted by molar-refractivity contribution is 5.82. The van der Waals surface area contributed by atoms with E-state index >= 15 is 0 Å². The van der Waals surface area contributed by atoms with E-state index in [0.29, 0.717) is 36.1 Å². The summed E-state index contributed by atoms with van der Waals surface area (Å²) in [4.78, 5) is 9.01. The van der Waals surface area contributed by atoms with E-state index in [1.807, 2.05) is 31.2 Å². The van der Waals surface area contributed by atoms with E-state index in [0.717, 1.165) is 22.9 Å². The summed E-state index contributed by atoms with van der Waals surface area (Å²) in [5.74, 6) is 1.45. The van der Waals surface area contributed by atoms with Crippen molar-refractivity contribution in [1.29, 1.82) is 0 Å². The molecular weight excluding hydrogens is 418 g/mol. The largest absolute Gasteiger partial charge is 0.454 e. The average Bonchev–Trinajstić information content (AvgIpc) is 3.24. The Bertz CT molecular complexity index is 1100. The Balaban J connectivity index is 1.45. The monoisotopic (exact) mass is 442 g/mol. The lowest BCUT2D eigenvalue weighted by atomic mass is 10.1. The number of benzene rings is 2. The normalized spacial score (nSPS) is 12.9. The zero-order valence-electron chi connectivity index (χ0n) is 17.6. The van der Waals surface area contributed by atoms with E-state index in [4.69, 9.17) is 9.47 Å². The number of rotatable bonds is 8. The van der Waals surface area contributed by atoms with E-state index in [2.05, 4.69) is 31.4 Å². The number of fused-ring (bicyclic) bond motifs is 2. The first-order chi connectivity index (χ1) is 15.6. The van der Waals surface area contributed by atoms with Gasteiger partial charge in [-0.3, -0.25) is 4.98 Å². The number of hydrogen-bond donors (Lipinski definition) is 2. The molecule has 1 aliphatic rings. The van der Waals surface area contributed by atoms with Gasteiger partial charge in [0.15, 0.2) is 17.5 Å². The number of guanidine groups is 1. The number of nitrogens with zero attached hydrogens (tertiary/aromatic N) is 2. The van der Waals surface area contributed by atoms with Crippen molar-refractivity contribution in [2.24, 2.45) is 4.99 Å². The Labute approximate surface area is 184 Å². The molecule has 3 aromatic rings. The van der Waals surface area contributed by atoms with Gasteiger partial charge in [-0.2, -0.15) is 8.78 Å². The van der Waals surface area contributed by atoms with Crippen LogP contribution in [0.25, 0.3) is 10.9 Å². The minimum Gasteiger partial charge on any atom is -0.454 e. The van der Waals surface area contributed by atoms with Crippen LogP contribution < -0.4 is 24.8 Å². The number of pyridine rings is 1. The zero-order chi connectivity index (χ0) is 22.3. The van der Waals surface area contributed by atoms with Crippen molar-refractivity contribution in [3.05, 3.63) is 59.8 Å². The standard InChI is InChI=1S/C23H24F2N4O3/c1-2-26-23(28-10-8-16-6-3-5-15-7-4-9-27-21(15)16)29-13-17-11-19-20(31-14-30-19)12-18(17)32-22(24)25/h3-7,9,11-12,22H,2,8,10,13-14H2,1H3,(H2,26,28,29). The molecular formula is C23H24F2N4O3. The molecule has 0 aliphatic carbocycles. The van der Waals surface area contributed by atoms with Gasteiger partial charge in [0.05, 0.1) is 12.1 Å². The number of alkyl halides is 2. The number of nitrogens with one attached hydrogen (secondary N) is 2. The third-order valence-electron chi connectivity index (χ3n) is 4.93. The lowest BCUT2D eigenvalue weighted by molar-refractivity contribution is -0.0505. The van der Waals surface area contributed by atoms with Crippen LogP contribution in [0.5, 0.6) is 17.2 Å². The molecule has 2 N–H and O–H groups in total. The van der Waals surface area contributed by atoms with Crippen molar-refractivity contribution in [2.45, 2.75) is 26.5 Å². The SMILES string of the molecule is CCNC(=NCc1cc2c(cc1OC(F)F)OCO2)NCCc1cccc2cccnc12. The summed E-state index contributed by atoms with van der Waals surface area (Å²) in [6.07, 6.45) is 2.54. The van der Waals surface area contributed by atoms with Crippen LogP contribution >= 0.6 is 0 Å². The number of aliphatic imine (C=N–C) groups is 1. The number of para-hydroxylation sites is 1. The third-order valence-corrected chi connectivity index (χ3v) is 4.93. The van der Waals surface area contributed by atoms with Gasteiger partial charge in [0.1, 0.15) is 5.75 Å². The molecule has 2 aromatic carbocycles. The zero-order valence-corrected chi connectivity index (χ0v) is 17.6. The van der Waals surface area contributed by atoms with Gasteiger partial charge in [-0.1, -0.05) is 24.3 Å². The smallest absolute Gasteiger partial charge is 0.387 e. The molecule has 1 aliphatic heterocycles. The molecule has 1 aromatic heterocycles. The van der Waals surface area contributed by atoms with Gasteiger partial charge in [0.2, 0.25) is 6.79 Å². The highest BCUT2D eigenvalue weighted by atomic mass is 19.3. The molecule has 0 fully saturated rings. The Kier molecular flexibility index (Phi) is 6.84. The van der Waals surface area contributed by atoms with E-state index in [9.17, 15) is 8.78 Å². The molecule has 0 amide bonds. The van der Waals surface area contributed by atoms with E-state index in [1.165, 1.54) is 6.07 Å². The molecule has 0 saturated heterocycles. The Morgan fingerprint density at radius 2 is 1.94 bits per heavy atom. The number of hydrogen-bond acceptors (Lipinski definition) is 5. The lowest BCUT2D eigenvalue weighted by Crippen LogP contribution is -2.38. The molecule has 4 rings (SSSR count). The van der Waals surface area contributed by atoms with Gasteiger partial charge in [0, 0.05) is 36.3 Å². The van der Waals surface area contributed by atoms with Crippen LogP contribution in [0, 0.1) is 0 Å². The summed E-state index contributed by atoms with van der Waals surface area (Å²) in [6, 6.07) is 13.1. The van der Waals surface area contributed by atoms with Gasteiger partial charge in [0.25, 0.3) is 0 Å². The summed E-state index contributed by atoms with van der Waals surface area (Å²) in [5.41, 5.74) is 2.59. The van der Waals surface area contributed by atoms with Crippen LogP contribution in [-0.2, 0) is 13.0 Å². The molecule has 168 valence electrons. The molecule has 0 radical (unpaired) electrons. The summed E-state index contributed by atoms with van der Waals surface area (Å²) < 4.78 is 41.0. The molecule has 0 bridgehead atoms. The van der Waals surface area contributed by atoms with Gasteiger partial charge in [-0.05, 0) is 31.0 Å². The first-order valence-electron chi connectivity index (χ1n) is 10.4. The average molecular weight is 442 g/mol. The highest BCUT2D eigenvalue weighted by Crippen LogP contribution is 2.39. The minimum atomic E-state index is -2.95. The first kappa shape index (κ1) is 21.6. The van der Waals surface area contributed by atoms with Gasteiger partial charge >= 0.3 is 6.61 Å². The lowest BCUT2D eigenvalue weighted by Gasteiger charge is -2.14. The van der Waals surface area contributed by atoms with E-state index < -0.39 is 6.61 Å². The highest BCUT2D eigenvalue weighted by Gasteiger charge is 2.20. The molecule has 0 saturated carbocycles. The summed E-state index contributed by atoms with van der Waals surface area (Å²) in [5, 5.41) is 7.55. The Morgan fingerprint density at radius 1 is 1.12 bits per heavy atom. The third kappa shape index (κ3) is 5.16. The maximum Gasteiger partial charge on any atom is 0.387 e. The van der Waals surface area contributed by atoms with Gasteiger partial charge < -0.3 is 24.8 Å². The van der Waals surface area contributed by atoms with Crippen molar-refractivity contribution in [2.75, 3.05) is 19.9 Å². The van der Waals surface area contributed by atoms with Crippen LogP contribution in [0.3, 0.4) is 0 Å². The quantitative estimate of drug-likeness (QED) is 0.408. The van der Waals surface area contributed by atoms with Crippen molar-refractivity contribution < 1.29 is 23.0 Å². The van der Waals surface area contributed by atoms with Crippen LogP contribution in [0.4, 0.5) is 8.78 Å². The van der Waals surface area contributed by atoms with Crippen molar-refractivity contribution in [3.63, 3.8) is 0 Å². The van der Waals surface area contributed by atoms with Crippen LogP contribution in [0.1, 0.15) is 18.1 Å². The second kappa shape index (κ2) is 10.1. The van der Waals surface area contributed by atoms with Gasteiger partial charge in [-0.25, -0.2) is 4.99 Å². The first-order valence-corrected chi connectivity index (χ1v) is 10.4. The molecule has 0 unspecified atom stereocenters. The molecule has 2 heterocycles. The Morgan fingerprint density at radius 3 is 2.75 bits per heavy atom. The molecule has 9 heteroatoms. The molecule has 32 heavy (non-hydrogen) atoms. The van der Waals surface area contributed by atoms with Crippen molar-refractivity contribution in [3.8, 4) is 17.2 Å². The van der Waals surface area contributed by atoms with Gasteiger partial charge in [-0.15, -0.1) is 0 Å². The summed E-state index contributed by atoms with van der Waals surface area (Å²) in [7, 11) is 0. The number of ether oxygens (including phenoxy) is 3. The molecule has 7 nitrogen and oxygen atoms in total. The predicted octanol–water partition coefficient (Wildman–Crippen LogP) is 3.86. The van der Waals surface area contributed by atoms with E-state index in [1.54, 1.807) is 12.3 Å². The van der Waals surface area contributed by atoms with Crippen LogP contribution in [-0.4, -0.2) is 37.4 Å². The molecule has 0 atom stereocenters. The topological polar surface area (TPSA) is 77.0 Å². The summed E-state index contributed by atoms with van der Waals surface area (Å²) in [6.45, 7) is 0.468. The molecule has 0 spiro atoms. The maximum absolute atomic E-state index is 12.9. The maximum atomic E-state index is 12.9. The predicted molar refractivity (Wildman–Crippen MR) is 117 cm³/mol. The fourth-order valence-electron chi connectivity index (χ4n) is 3.49. The van der Waals surface area contributed by atoms with Crippen LogP contribution in [0.2, 0.25) is 0 Å². The van der Waals surface area contributed by atoms with Crippen molar-refractivity contribution in [1.82, 2.24) is 15.6 Å². The minimum absolute atomic E-state index is 0.0191. The van der Waals surface area contributed by atoms with Crippen LogP contribution in [0.15, 0.2) is 53.7 Å². The van der Waals surface area contributed by atoms with Crippen molar-refractivity contribution >= 4 is 16.9 Å². The fraction of sp³-hybridized carbons (Fsp3) is 0.304.